The van der Waals surface area contributed by atoms with Gasteiger partial charge in [-0.15, -0.1) is 0 Å². The Labute approximate surface area is 99.9 Å². The highest BCUT2D eigenvalue weighted by molar-refractivity contribution is 5.87. The maximum absolute atomic E-state index is 12.9. The van der Waals surface area contributed by atoms with Crippen LogP contribution < -0.4 is 0 Å². The lowest BCUT2D eigenvalue weighted by atomic mass is 9.94. The van der Waals surface area contributed by atoms with E-state index in [0.717, 1.165) is 18.5 Å². The third-order valence-corrected chi connectivity index (χ3v) is 3.45. The van der Waals surface area contributed by atoms with E-state index in [1.54, 1.807) is 18.2 Å². The molecule has 92 valence electrons. The Morgan fingerprint density at radius 2 is 2.35 bits per heavy atom. The van der Waals surface area contributed by atoms with Gasteiger partial charge in [-0.3, -0.25) is 9.29 Å². The first kappa shape index (κ1) is 12.0. The smallest absolute Gasteiger partial charge is 0.335 e. The van der Waals surface area contributed by atoms with Crippen LogP contribution in [0.2, 0.25) is 0 Å². The molecule has 0 aromatic heterocycles. The van der Waals surface area contributed by atoms with Crippen molar-refractivity contribution in [3.05, 3.63) is 35.4 Å². The summed E-state index contributed by atoms with van der Waals surface area (Å²) in [4.78, 5) is 13.0. The van der Waals surface area contributed by atoms with Gasteiger partial charge in [-0.05, 0) is 37.7 Å². The summed E-state index contributed by atoms with van der Waals surface area (Å²) in [7, 11) is 1.95. The molecule has 3 nitrogen and oxygen atoms in total. The number of halogens is 1. The molecule has 4 heteroatoms. The number of rotatable bonds is 3. The van der Waals surface area contributed by atoms with Crippen LogP contribution >= 0.6 is 0 Å². The Kier molecular flexibility index (Phi) is 3.43. The second kappa shape index (κ2) is 4.84. The van der Waals surface area contributed by atoms with E-state index in [2.05, 4.69) is 4.90 Å². The average molecular weight is 237 g/mol. The van der Waals surface area contributed by atoms with Crippen LogP contribution in [-0.4, -0.2) is 36.2 Å². The molecule has 0 bridgehead atoms. The maximum atomic E-state index is 12.9. The monoisotopic (exact) mass is 237 g/mol. The van der Waals surface area contributed by atoms with Crippen molar-refractivity contribution in [2.24, 2.45) is 5.92 Å². The predicted molar refractivity (Wildman–Crippen MR) is 62.9 cm³/mol. The first-order valence-electron chi connectivity index (χ1n) is 5.73. The molecule has 17 heavy (non-hydrogen) atoms. The molecule has 0 saturated carbocycles. The summed E-state index contributed by atoms with van der Waals surface area (Å²) in [5.74, 6) is -0.964. The largest absolute Gasteiger partial charge is 0.478 e. The van der Waals surface area contributed by atoms with Crippen molar-refractivity contribution < 1.29 is 14.3 Å². The minimum atomic E-state index is -0.940. The zero-order valence-electron chi connectivity index (χ0n) is 9.77. The summed E-state index contributed by atoms with van der Waals surface area (Å²) in [6, 6.07) is 6.81. The predicted octanol–water partition coefficient (Wildman–Crippen LogP) is 2.35. The number of aromatic carboxylic acids is 1. The van der Waals surface area contributed by atoms with Gasteiger partial charge in [-0.1, -0.05) is 12.1 Å². The standard InChI is InChI=1S/C13H16FNO2/c1-15-6-5-11(8-14)12(15)9-3-2-4-10(7-9)13(16)17/h2-4,7,11-12H,5-6,8H2,1H3,(H,16,17). The molecule has 1 aromatic rings. The number of benzene rings is 1. The van der Waals surface area contributed by atoms with E-state index in [1.165, 1.54) is 0 Å². The number of nitrogens with zero attached hydrogens (tertiary/aromatic N) is 1. The second-order valence-corrected chi connectivity index (χ2v) is 4.56. The first-order chi connectivity index (χ1) is 8.13. The van der Waals surface area contributed by atoms with E-state index < -0.39 is 5.97 Å². The van der Waals surface area contributed by atoms with Gasteiger partial charge in [0.05, 0.1) is 12.2 Å². The lowest BCUT2D eigenvalue weighted by molar-refractivity contribution is 0.0696. The highest BCUT2D eigenvalue weighted by Crippen LogP contribution is 2.36. The van der Waals surface area contributed by atoms with E-state index >= 15 is 0 Å². The molecule has 1 aromatic carbocycles. The molecule has 1 aliphatic rings. The molecule has 0 amide bonds. The van der Waals surface area contributed by atoms with Crippen molar-refractivity contribution in [3.63, 3.8) is 0 Å². The van der Waals surface area contributed by atoms with Gasteiger partial charge in [0.15, 0.2) is 0 Å². The van der Waals surface area contributed by atoms with Gasteiger partial charge < -0.3 is 5.11 Å². The van der Waals surface area contributed by atoms with Crippen LogP contribution in [0.15, 0.2) is 24.3 Å². The quantitative estimate of drug-likeness (QED) is 0.877. The normalized spacial score (nSPS) is 25.1. The first-order valence-corrected chi connectivity index (χ1v) is 5.73. The van der Waals surface area contributed by atoms with Crippen molar-refractivity contribution >= 4 is 5.97 Å². The van der Waals surface area contributed by atoms with Gasteiger partial charge in [-0.25, -0.2) is 4.79 Å². The number of hydrogen-bond acceptors (Lipinski definition) is 2. The number of carbonyl (C=O) groups is 1. The highest BCUT2D eigenvalue weighted by Gasteiger charge is 2.33. The minimum absolute atomic E-state index is 0.000648. The van der Waals surface area contributed by atoms with Crippen molar-refractivity contribution in [3.8, 4) is 0 Å². The molecule has 2 unspecified atom stereocenters. The Bertz CT molecular complexity index is 422. The molecule has 0 aliphatic carbocycles. The van der Waals surface area contributed by atoms with Gasteiger partial charge in [0.25, 0.3) is 0 Å². The topological polar surface area (TPSA) is 40.5 Å². The van der Waals surface area contributed by atoms with Gasteiger partial charge in [-0.2, -0.15) is 0 Å². The zero-order chi connectivity index (χ0) is 12.4. The molecular weight excluding hydrogens is 221 g/mol. The fraction of sp³-hybridized carbons (Fsp3) is 0.462. The number of likely N-dealkylation sites (tertiary alicyclic amines) is 1. The third kappa shape index (κ3) is 2.31. The Balaban J connectivity index is 2.32. The van der Waals surface area contributed by atoms with E-state index in [9.17, 15) is 9.18 Å². The average Bonchev–Trinajstić information content (AvgIpc) is 2.70. The van der Waals surface area contributed by atoms with Gasteiger partial charge >= 0.3 is 5.97 Å². The summed E-state index contributed by atoms with van der Waals surface area (Å²) >= 11 is 0. The fourth-order valence-corrected chi connectivity index (χ4v) is 2.57. The fourth-order valence-electron chi connectivity index (χ4n) is 2.57. The molecular formula is C13H16FNO2. The molecule has 2 atom stereocenters. The van der Waals surface area contributed by atoms with Gasteiger partial charge in [0.1, 0.15) is 0 Å². The number of alkyl halides is 1. The summed E-state index contributed by atoms with van der Waals surface area (Å²) in [6.07, 6.45) is 0.828. The maximum Gasteiger partial charge on any atom is 0.335 e. The third-order valence-electron chi connectivity index (χ3n) is 3.45. The molecule has 2 rings (SSSR count). The van der Waals surface area contributed by atoms with Crippen LogP contribution in [0.5, 0.6) is 0 Å². The van der Waals surface area contributed by atoms with Crippen molar-refractivity contribution in [2.45, 2.75) is 12.5 Å². The van der Waals surface area contributed by atoms with Crippen LogP contribution in [0, 0.1) is 5.92 Å². The van der Waals surface area contributed by atoms with Crippen LogP contribution in [0.4, 0.5) is 4.39 Å². The van der Waals surface area contributed by atoms with Crippen molar-refractivity contribution in [2.75, 3.05) is 20.3 Å². The lowest BCUT2D eigenvalue weighted by Crippen LogP contribution is -2.22. The van der Waals surface area contributed by atoms with E-state index in [0.29, 0.717) is 0 Å². The molecule has 0 radical (unpaired) electrons. The van der Waals surface area contributed by atoms with Crippen molar-refractivity contribution in [1.82, 2.24) is 4.90 Å². The molecule has 1 saturated heterocycles. The molecule has 1 aliphatic heterocycles. The molecule has 1 fully saturated rings. The van der Waals surface area contributed by atoms with Crippen LogP contribution in [0.1, 0.15) is 28.4 Å². The number of carboxylic acid groups (broad SMARTS) is 1. The second-order valence-electron chi connectivity index (χ2n) is 4.56. The van der Waals surface area contributed by atoms with Crippen LogP contribution in [0.25, 0.3) is 0 Å². The number of hydrogen-bond donors (Lipinski definition) is 1. The summed E-state index contributed by atoms with van der Waals surface area (Å²) < 4.78 is 12.9. The summed E-state index contributed by atoms with van der Waals surface area (Å²) in [5, 5.41) is 8.95. The van der Waals surface area contributed by atoms with Crippen LogP contribution in [0.3, 0.4) is 0 Å². The van der Waals surface area contributed by atoms with Gasteiger partial charge in [0, 0.05) is 12.0 Å². The van der Waals surface area contributed by atoms with Crippen LogP contribution in [-0.2, 0) is 0 Å². The lowest BCUT2D eigenvalue weighted by Gasteiger charge is -2.24. The number of carboxylic acids is 1. The van der Waals surface area contributed by atoms with Crippen molar-refractivity contribution in [1.29, 1.82) is 0 Å². The highest BCUT2D eigenvalue weighted by atomic mass is 19.1. The Hall–Kier alpha value is -1.42. The SMILES string of the molecule is CN1CCC(CF)C1c1cccc(C(=O)O)c1. The van der Waals surface area contributed by atoms with Gasteiger partial charge in [0.2, 0.25) is 0 Å². The molecule has 1 N–H and O–H groups in total. The van der Waals surface area contributed by atoms with E-state index in [1.807, 2.05) is 13.1 Å². The summed E-state index contributed by atoms with van der Waals surface area (Å²) in [6.45, 7) is 0.503. The summed E-state index contributed by atoms with van der Waals surface area (Å²) in [5.41, 5.74) is 1.16. The molecule has 0 spiro atoms. The minimum Gasteiger partial charge on any atom is -0.478 e. The Morgan fingerprint density at radius 3 is 3.00 bits per heavy atom. The van der Waals surface area contributed by atoms with E-state index in [-0.39, 0.29) is 24.2 Å². The zero-order valence-corrected chi connectivity index (χ0v) is 9.77. The Morgan fingerprint density at radius 1 is 1.59 bits per heavy atom. The molecule has 1 heterocycles. The van der Waals surface area contributed by atoms with E-state index in [4.69, 9.17) is 5.11 Å².